The number of hydrogen-bond acceptors (Lipinski definition) is 1. The van der Waals surface area contributed by atoms with Crippen molar-refractivity contribution in [3.05, 3.63) is 35.4 Å². The molecule has 0 fully saturated rings. The smallest absolute Gasteiger partial charge is 0.0422 e. The molecule has 0 unspecified atom stereocenters. The van der Waals surface area contributed by atoms with Gasteiger partial charge in [0, 0.05) is 6.54 Å². The Morgan fingerprint density at radius 3 is 2.54 bits per heavy atom. The molecule has 0 aromatic heterocycles. The molecule has 0 spiro atoms. The Bertz CT molecular complexity index is 266. The van der Waals surface area contributed by atoms with E-state index in [1.54, 1.807) is 0 Å². The van der Waals surface area contributed by atoms with E-state index in [1.807, 2.05) is 0 Å². The molecule has 0 heterocycles. The summed E-state index contributed by atoms with van der Waals surface area (Å²) in [5.41, 5.74) is 2.81. The van der Waals surface area contributed by atoms with Crippen molar-refractivity contribution in [1.82, 2.24) is 0 Å². The van der Waals surface area contributed by atoms with Gasteiger partial charge in [0.2, 0.25) is 0 Å². The van der Waals surface area contributed by atoms with E-state index in [0.717, 1.165) is 13.0 Å². The first kappa shape index (κ1) is 9.97. The van der Waals surface area contributed by atoms with Crippen molar-refractivity contribution in [2.24, 2.45) is 4.99 Å². The van der Waals surface area contributed by atoms with Crippen LogP contribution < -0.4 is 0 Å². The van der Waals surface area contributed by atoms with E-state index < -0.39 is 0 Å². The van der Waals surface area contributed by atoms with Crippen LogP contribution in [-0.4, -0.2) is 13.3 Å². The van der Waals surface area contributed by atoms with Gasteiger partial charge in [-0.1, -0.05) is 37.6 Å². The van der Waals surface area contributed by atoms with Gasteiger partial charge in [-0.3, -0.25) is 0 Å². The Labute approximate surface area is 80.5 Å². The third-order valence-corrected chi connectivity index (χ3v) is 2.09. The summed E-state index contributed by atoms with van der Waals surface area (Å²) in [5, 5.41) is 0. The molecule has 0 aliphatic heterocycles. The number of benzene rings is 1. The first-order valence-corrected chi connectivity index (χ1v) is 4.87. The third-order valence-electron chi connectivity index (χ3n) is 2.09. The molecule has 0 aliphatic rings. The van der Waals surface area contributed by atoms with Crippen LogP contribution in [0.2, 0.25) is 0 Å². The third kappa shape index (κ3) is 3.41. The van der Waals surface area contributed by atoms with E-state index in [9.17, 15) is 0 Å². The van der Waals surface area contributed by atoms with Crippen LogP contribution >= 0.6 is 0 Å². The highest BCUT2D eigenvalue weighted by atomic mass is 14.7. The lowest BCUT2D eigenvalue weighted by atomic mass is 10.1. The molecule has 1 aromatic carbocycles. The average Bonchev–Trinajstić information content (AvgIpc) is 2.16. The van der Waals surface area contributed by atoms with Gasteiger partial charge in [-0.05, 0) is 30.7 Å². The summed E-state index contributed by atoms with van der Waals surface area (Å²) in [6.07, 6.45) is 3.40. The maximum Gasteiger partial charge on any atom is 0.0422 e. The van der Waals surface area contributed by atoms with Crippen molar-refractivity contribution >= 4 is 6.72 Å². The van der Waals surface area contributed by atoms with Crippen molar-refractivity contribution in [3.63, 3.8) is 0 Å². The highest BCUT2D eigenvalue weighted by Gasteiger charge is 1.94. The lowest BCUT2D eigenvalue weighted by molar-refractivity contribution is 0.910. The molecule has 70 valence electrons. The Hall–Kier alpha value is -1.11. The second kappa shape index (κ2) is 5.52. The van der Waals surface area contributed by atoms with Gasteiger partial charge in [0.1, 0.15) is 0 Å². The minimum Gasteiger partial charge on any atom is -0.301 e. The molecule has 0 aliphatic carbocycles. The Balaban J connectivity index is 2.61. The average molecular weight is 175 g/mol. The summed E-state index contributed by atoms with van der Waals surface area (Å²) in [4.78, 5) is 3.86. The SMILES string of the molecule is C=NCCc1cccc(CCC)c1. The molecule has 0 saturated heterocycles. The van der Waals surface area contributed by atoms with E-state index in [4.69, 9.17) is 0 Å². The molecule has 1 aromatic rings. The van der Waals surface area contributed by atoms with Crippen LogP contribution in [0.15, 0.2) is 29.3 Å². The number of nitrogens with zero attached hydrogens (tertiary/aromatic N) is 1. The second-order valence-electron chi connectivity index (χ2n) is 3.27. The fourth-order valence-electron chi connectivity index (χ4n) is 1.44. The van der Waals surface area contributed by atoms with Crippen molar-refractivity contribution < 1.29 is 0 Å². The van der Waals surface area contributed by atoms with E-state index in [-0.39, 0.29) is 0 Å². The summed E-state index contributed by atoms with van der Waals surface area (Å²) in [5.74, 6) is 0. The molecule has 0 radical (unpaired) electrons. The van der Waals surface area contributed by atoms with Crippen LogP contribution in [0.3, 0.4) is 0 Å². The fraction of sp³-hybridized carbons (Fsp3) is 0.417. The monoisotopic (exact) mass is 175 g/mol. The van der Waals surface area contributed by atoms with Crippen molar-refractivity contribution in [2.75, 3.05) is 6.54 Å². The number of aliphatic imine (C=N–C) groups is 1. The summed E-state index contributed by atoms with van der Waals surface area (Å²) in [6, 6.07) is 8.75. The highest BCUT2D eigenvalue weighted by molar-refractivity contribution is 5.26. The summed E-state index contributed by atoms with van der Waals surface area (Å²) < 4.78 is 0. The zero-order valence-corrected chi connectivity index (χ0v) is 8.29. The van der Waals surface area contributed by atoms with Crippen molar-refractivity contribution in [2.45, 2.75) is 26.2 Å². The zero-order valence-electron chi connectivity index (χ0n) is 8.29. The molecule has 0 saturated carbocycles. The van der Waals surface area contributed by atoms with E-state index in [0.29, 0.717) is 0 Å². The van der Waals surface area contributed by atoms with E-state index in [1.165, 1.54) is 24.0 Å². The molecular formula is C12H17N. The lowest BCUT2D eigenvalue weighted by Crippen LogP contribution is -1.91. The van der Waals surface area contributed by atoms with Crippen molar-refractivity contribution in [1.29, 1.82) is 0 Å². The predicted octanol–water partition coefficient (Wildman–Crippen LogP) is 2.88. The Morgan fingerprint density at radius 1 is 1.23 bits per heavy atom. The van der Waals surface area contributed by atoms with Crippen LogP contribution in [0.5, 0.6) is 0 Å². The topological polar surface area (TPSA) is 12.4 Å². The maximum absolute atomic E-state index is 3.86. The summed E-state index contributed by atoms with van der Waals surface area (Å²) in [7, 11) is 0. The molecule has 0 amide bonds. The maximum atomic E-state index is 3.86. The molecule has 0 bridgehead atoms. The van der Waals surface area contributed by atoms with Gasteiger partial charge < -0.3 is 4.99 Å². The van der Waals surface area contributed by atoms with Gasteiger partial charge in [-0.15, -0.1) is 0 Å². The van der Waals surface area contributed by atoms with Crippen molar-refractivity contribution in [3.8, 4) is 0 Å². The highest BCUT2D eigenvalue weighted by Crippen LogP contribution is 2.08. The standard InChI is InChI=1S/C12H17N/c1-3-5-11-6-4-7-12(10-11)8-9-13-2/h4,6-7,10H,2-3,5,8-9H2,1H3. The van der Waals surface area contributed by atoms with Crippen LogP contribution in [0.1, 0.15) is 24.5 Å². The van der Waals surface area contributed by atoms with E-state index in [2.05, 4.69) is 42.9 Å². The quantitative estimate of drug-likeness (QED) is 0.610. The molecule has 1 nitrogen and oxygen atoms in total. The van der Waals surface area contributed by atoms with Gasteiger partial charge >= 0.3 is 0 Å². The van der Waals surface area contributed by atoms with Gasteiger partial charge in [-0.25, -0.2) is 0 Å². The largest absolute Gasteiger partial charge is 0.301 e. The molecule has 0 atom stereocenters. The first-order chi connectivity index (χ1) is 6.36. The van der Waals surface area contributed by atoms with E-state index >= 15 is 0 Å². The van der Waals surface area contributed by atoms with Crippen LogP contribution in [0, 0.1) is 0 Å². The lowest BCUT2D eigenvalue weighted by Gasteiger charge is -2.02. The summed E-state index contributed by atoms with van der Waals surface area (Å²) >= 11 is 0. The zero-order chi connectivity index (χ0) is 9.52. The second-order valence-corrected chi connectivity index (χ2v) is 3.27. The number of hydrogen-bond donors (Lipinski definition) is 0. The molecular weight excluding hydrogens is 158 g/mol. The summed E-state index contributed by atoms with van der Waals surface area (Å²) in [6.45, 7) is 6.52. The Kier molecular flexibility index (Phi) is 4.24. The van der Waals surface area contributed by atoms with Gasteiger partial charge in [0.25, 0.3) is 0 Å². The molecule has 1 heteroatoms. The fourth-order valence-corrected chi connectivity index (χ4v) is 1.44. The molecule has 13 heavy (non-hydrogen) atoms. The number of aryl methyl sites for hydroxylation is 1. The van der Waals surface area contributed by atoms with Gasteiger partial charge in [0.15, 0.2) is 0 Å². The van der Waals surface area contributed by atoms with Crippen LogP contribution in [0.4, 0.5) is 0 Å². The normalized spacial score (nSPS) is 9.92. The Morgan fingerprint density at radius 2 is 1.92 bits per heavy atom. The van der Waals surface area contributed by atoms with Crippen LogP contribution in [-0.2, 0) is 12.8 Å². The number of rotatable bonds is 5. The van der Waals surface area contributed by atoms with Gasteiger partial charge in [0.05, 0.1) is 0 Å². The predicted molar refractivity (Wildman–Crippen MR) is 58.6 cm³/mol. The van der Waals surface area contributed by atoms with Crippen LogP contribution in [0.25, 0.3) is 0 Å². The van der Waals surface area contributed by atoms with Gasteiger partial charge in [-0.2, -0.15) is 0 Å². The minimum atomic E-state index is 0.829. The molecule has 1 rings (SSSR count). The molecule has 0 N–H and O–H groups in total. The first-order valence-electron chi connectivity index (χ1n) is 4.87. The minimum absolute atomic E-state index is 0.829.